The molecular weight excluding hydrogens is 146 g/mol. The molecule has 0 aromatic carbocycles. The Bertz CT molecular complexity index is 267. The van der Waals surface area contributed by atoms with Crippen LogP contribution < -0.4 is 0 Å². The van der Waals surface area contributed by atoms with E-state index in [2.05, 4.69) is 6.58 Å². The number of amides is 3. The van der Waals surface area contributed by atoms with Gasteiger partial charge < -0.3 is 0 Å². The van der Waals surface area contributed by atoms with Crippen LogP contribution in [0, 0.1) is 0 Å². The maximum Gasteiger partial charge on any atom is 0.263 e. The van der Waals surface area contributed by atoms with E-state index in [0.29, 0.717) is 4.90 Å². The second kappa shape index (κ2) is 2.30. The summed E-state index contributed by atoms with van der Waals surface area (Å²) in [5, 5.41) is 0. The summed E-state index contributed by atoms with van der Waals surface area (Å²) >= 11 is 0. The molecular formula is C7H7NO3. The zero-order valence-corrected chi connectivity index (χ0v) is 6.09. The summed E-state index contributed by atoms with van der Waals surface area (Å²) in [5.41, 5.74) is 0.185. The molecule has 0 spiro atoms. The number of rotatable bonds is 0. The lowest BCUT2D eigenvalue weighted by molar-refractivity contribution is -0.147. The van der Waals surface area contributed by atoms with Crippen molar-refractivity contribution in [1.29, 1.82) is 0 Å². The van der Waals surface area contributed by atoms with Crippen molar-refractivity contribution in [2.24, 2.45) is 0 Å². The molecule has 0 aromatic rings. The minimum Gasteiger partial charge on any atom is -0.274 e. The van der Waals surface area contributed by atoms with E-state index in [1.165, 1.54) is 6.92 Å². The molecule has 0 aromatic heterocycles. The van der Waals surface area contributed by atoms with Crippen LogP contribution in [0.1, 0.15) is 13.3 Å². The van der Waals surface area contributed by atoms with Crippen molar-refractivity contribution < 1.29 is 14.4 Å². The fraction of sp³-hybridized carbons (Fsp3) is 0.286. The van der Waals surface area contributed by atoms with Gasteiger partial charge in [-0.3, -0.25) is 14.4 Å². The summed E-state index contributed by atoms with van der Waals surface area (Å²) in [6.45, 7) is 4.53. The monoisotopic (exact) mass is 153 g/mol. The van der Waals surface area contributed by atoms with Gasteiger partial charge in [-0.15, -0.1) is 0 Å². The minimum absolute atomic E-state index is 0.0294. The van der Waals surface area contributed by atoms with E-state index in [0.717, 1.165) is 0 Å². The Hall–Kier alpha value is -1.45. The Balaban J connectivity index is 2.98. The van der Waals surface area contributed by atoms with Crippen molar-refractivity contribution in [1.82, 2.24) is 4.90 Å². The number of imide groups is 3. The van der Waals surface area contributed by atoms with Gasteiger partial charge in [0.1, 0.15) is 0 Å². The van der Waals surface area contributed by atoms with E-state index in [9.17, 15) is 14.4 Å². The molecule has 1 fully saturated rings. The Morgan fingerprint density at radius 3 is 2.27 bits per heavy atom. The molecule has 1 aliphatic rings. The van der Waals surface area contributed by atoms with Gasteiger partial charge in [-0.2, -0.15) is 0 Å². The lowest BCUT2D eigenvalue weighted by atomic mass is 10.3. The molecule has 4 heteroatoms. The normalized spacial score (nSPS) is 17.9. The van der Waals surface area contributed by atoms with Gasteiger partial charge in [-0.25, -0.2) is 4.90 Å². The zero-order valence-electron chi connectivity index (χ0n) is 6.09. The molecule has 4 nitrogen and oxygen atoms in total. The van der Waals surface area contributed by atoms with Crippen LogP contribution in [0.2, 0.25) is 0 Å². The van der Waals surface area contributed by atoms with Crippen LogP contribution in [0.4, 0.5) is 0 Å². The standard InChI is InChI=1S/C7H7NO3/c1-4-3-6(10)8(5(2)9)7(4)11/h1,3H2,2H3. The third-order valence-electron chi connectivity index (χ3n) is 1.43. The molecule has 0 N–H and O–H groups in total. The maximum absolute atomic E-state index is 10.9. The minimum atomic E-state index is -0.567. The van der Waals surface area contributed by atoms with Crippen molar-refractivity contribution in [3.8, 4) is 0 Å². The topological polar surface area (TPSA) is 54.5 Å². The van der Waals surface area contributed by atoms with Gasteiger partial charge in [-0.1, -0.05) is 6.58 Å². The summed E-state index contributed by atoms with van der Waals surface area (Å²) in [6, 6.07) is 0. The first-order valence-corrected chi connectivity index (χ1v) is 3.09. The molecule has 1 rings (SSSR count). The van der Waals surface area contributed by atoms with Gasteiger partial charge in [-0.05, 0) is 0 Å². The van der Waals surface area contributed by atoms with Crippen LogP contribution in [0.3, 0.4) is 0 Å². The quantitative estimate of drug-likeness (QED) is 0.359. The Kier molecular flexibility index (Phi) is 1.60. The fourth-order valence-corrected chi connectivity index (χ4v) is 0.927. The van der Waals surface area contributed by atoms with Crippen molar-refractivity contribution in [2.45, 2.75) is 13.3 Å². The highest BCUT2D eigenvalue weighted by molar-refractivity contribution is 6.22. The van der Waals surface area contributed by atoms with Crippen LogP contribution in [0.25, 0.3) is 0 Å². The van der Waals surface area contributed by atoms with Gasteiger partial charge >= 0.3 is 0 Å². The number of carbonyl (C=O) groups excluding carboxylic acids is 3. The van der Waals surface area contributed by atoms with Gasteiger partial charge in [0, 0.05) is 12.5 Å². The molecule has 0 atom stereocenters. The van der Waals surface area contributed by atoms with Crippen molar-refractivity contribution >= 4 is 17.7 Å². The Morgan fingerprint density at radius 1 is 1.55 bits per heavy atom. The first-order valence-electron chi connectivity index (χ1n) is 3.09. The maximum atomic E-state index is 10.9. The van der Waals surface area contributed by atoms with Crippen LogP contribution in [-0.4, -0.2) is 22.6 Å². The highest BCUT2D eigenvalue weighted by Gasteiger charge is 2.35. The van der Waals surface area contributed by atoms with E-state index in [4.69, 9.17) is 0 Å². The van der Waals surface area contributed by atoms with Crippen LogP contribution in [0.15, 0.2) is 12.2 Å². The van der Waals surface area contributed by atoms with Crippen LogP contribution in [0.5, 0.6) is 0 Å². The second-order valence-electron chi connectivity index (χ2n) is 2.33. The number of likely N-dealkylation sites (tertiary alicyclic amines) is 1. The van der Waals surface area contributed by atoms with E-state index in [-0.39, 0.29) is 12.0 Å². The van der Waals surface area contributed by atoms with E-state index in [1.54, 1.807) is 0 Å². The predicted octanol–water partition coefficient (Wildman–Crippen LogP) is -0.152. The summed E-state index contributed by atoms with van der Waals surface area (Å²) in [5.74, 6) is -1.59. The van der Waals surface area contributed by atoms with E-state index < -0.39 is 17.7 Å². The third-order valence-corrected chi connectivity index (χ3v) is 1.43. The smallest absolute Gasteiger partial charge is 0.263 e. The molecule has 3 amide bonds. The van der Waals surface area contributed by atoms with Gasteiger partial charge in [0.15, 0.2) is 0 Å². The Morgan fingerprint density at radius 2 is 2.09 bits per heavy atom. The first kappa shape index (κ1) is 7.65. The largest absolute Gasteiger partial charge is 0.274 e. The van der Waals surface area contributed by atoms with Gasteiger partial charge in [0.2, 0.25) is 11.8 Å². The predicted molar refractivity (Wildman–Crippen MR) is 36.3 cm³/mol. The highest BCUT2D eigenvalue weighted by Crippen LogP contribution is 2.16. The van der Waals surface area contributed by atoms with Crippen molar-refractivity contribution in [2.75, 3.05) is 0 Å². The molecule has 1 saturated heterocycles. The molecule has 0 unspecified atom stereocenters. The number of hydrogen-bond donors (Lipinski definition) is 0. The lowest BCUT2D eigenvalue weighted by Crippen LogP contribution is -2.33. The average molecular weight is 153 g/mol. The average Bonchev–Trinajstić information content (AvgIpc) is 2.07. The van der Waals surface area contributed by atoms with Gasteiger partial charge in [0.05, 0.1) is 6.42 Å². The lowest BCUT2D eigenvalue weighted by Gasteiger charge is -2.05. The van der Waals surface area contributed by atoms with Crippen LogP contribution >= 0.6 is 0 Å². The molecule has 0 bridgehead atoms. The highest BCUT2D eigenvalue weighted by atomic mass is 16.2. The second-order valence-corrected chi connectivity index (χ2v) is 2.33. The van der Waals surface area contributed by atoms with Crippen LogP contribution in [-0.2, 0) is 14.4 Å². The fourth-order valence-electron chi connectivity index (χ4n) is 0.927. The number of hydrogen-bond acceptors (Lipinski definition) is 3. The summed E-state index contributed by atoms with van der Waals surface area (Å²) in [4.78, 5) is 33.1. The van der Waals surface area contributed by atoms with E-state index in [1.807, 2.05) is 0 Å². The molecule has 11 heavy (non-hydrogen) atoms. The molecule has 1 heterocycles. The Labute approximate surface area is 63.5 Å². The molecule has 58 valence electrons. The van der Waals surface area contributed by atoms with E-state index >= 15 is 0 Å². The van der Waals surface area contributed by atoms with Crippen molar-refractivity contribution in [3.05, 3.63) is 12.2 Å². The SMILES string of the molecule is C=C1CC(=O)N(C(C)=O)C1=O. The van der Waals surface area contributed by atoms with Crippen molar-refractivity contribution in [3.63, 3.8) is 0 Å². The molecule has 1 aliphatic heterocycles. The number of carbonyl (C=O) groups is 3. The molecule has 0 aliphatic carbocycles. The molecule has 0 radical (unpaired) electrons. The summed E-state index contributed by atoms with van der Waals surface area (Å²) in [6.07, 6.45) is -0.0294. The van der Waals surface area contributed by atoms with Gasteiger partial charge in [0.25, 0.3) is 5.91 Å². The summed E-state index contributed by atoms with van der Waals surface area (Å²) < 4.78 is 0. The zero-order chi connectivity index (χ0) is 8.59. The molecule has 0 saturated carbocycles. The first-order chi connectivity index (χ1) is 5.04. The third kappa shape index (κ3) is 1.07. The number of nitrogens with zero attached hydrogens (tertiary/aromatic N) is 1. The summed E-state index contributed by atoms with van der Waals surface area (Å²) in [7, 11) is 0.